The first-order chi connectivity index (χ1) is 14.7. The van der Waals surface area contributed by atoms with Crippen LogP contribution in [0.5, 0.6) is 0 Å². The molecule has 0 radical (unpaired) electrons. The lowest BCUT2D eigenvalue weighted by Crippen LogP contribution is -3.05. The summed E-state index contributed by atoms with van der Waals surface area (Å²) >= 11 is 0. The summed E-state index contributed by atoms with van der Waals surface area (Å²) in [7, 11) is 4.00. The van der Waals surface area contributed by atoms with Gasteiger partial charge in [-0.2, -0.15) is 0 Å². The van der Waals surface area contributed by atoms with Crippen molar-refractivity contribution in [2.24, 2.45) is 0 Å². The number of likely N-dealkylation sites (tertiary alicyclic amines) is 1. The fourth-order valence-electron chi connectivity index (χ4n) is 3.71. The molecule has 0 aliphatic carbocycles. The van der Waals surface area contributed by atoms with Gasteiger partial charge in [-0.15, -0.1) is 0 Å². The standard InChI is InChI=1S/C23H25N3O5/c1-15-5-7-17(8-6-15)21(27)19-20(16-9-11-18(12-10-16)26(30)31)25(23(29)22(19)28)14-4-13-24(2)3/h5-12,20,27H,4,13-14H2,1-3H3/p+1/t20-/m1/s1. The zero-order chi connectivity index (χ0) is 22.7. The van der Waals surface area contributed by atoms with Crippen LogP contribution in [0.25, 0.3) is 5.76 Å². The van der Waals surface area contributed by atoms with E-state index in [2.05, 4.69) is 0 Å². The van der Waals surface area contributed by atoms with E-state index in [-0.39, 0.29) is 17.0 Å². The minimum absolute atomic E-state index is 0.0000869. The number of amides is 1. The predicted octanol–water partition coefficient (Wildman–Crippen LogP) is 1.86. The van der Waals surface area contributed by atoms with Gasteiger partial charge in [0.1, 0.15) is 5.76 Å². The maximum absolute atomic E-state index is 12.9. The molecule has 0 spiro atoms. The van der Waals surface area contributed by atoms with Crippen molar-refractivity contribution in [1.29, 1.82) is 0 Å². The van der Waals surface area contributed by atoms with Crippen LogP contribution in [0.2, 0.25) is 0 Å². The summed E-state index contributed by atoms with van der Waals surface area (Å²) in [5.74, 6) is -1.67. The third-order valence-corrected chi connectivity index (χ3v) is 5.36. The Bertz CT molecular complexity index is 1030. The van der Waals surface area contributed by atoms with E-state index in [1.807, 2.05) is 33.2 Å². The maximum Gasteiger partial charge on any atom is 0.295 e. The van der Waals surface area contributed by atoms with Crippen LogP contribution in [0.1, 0.15) is 29.2 Å². The zero-order valence-electron chi connectivity index (χ0n) is 17.8. The fourth-order valence-corrected chi connectivity index (χ4v) is 3.71. The van der Waals surface area contributed by atoms with Crippen molar-refractivity contribution in [3.8, 4) is 0 Å². The molecular weight excluding hydrogens is 398 g/mol. The van der Waals surface area contributed by atoms with Gasteiger partial charge in [0.2, 0.25) is 0 Å². The number of hydrogen-bond donors (Lipinski definition) is 2. The van der Waals surface area contributed by atoms with Gasteiger partial charge in [0, 0.05) is 30.7 Å². The second-order valence-corrected chi connectivity index (χ2v) is 8.02. The van der Waals surface area contributed by atoms with E-state index in [1.165, 1.54) is 34.1 Å². The number of nitro groups is 1. The van der Waals surface area contributed by atoms with Gasteiger partial charge in [-0.25, -0.2) is 0 Å². The Kier molecular flexibility index (Phi) is 6.50. The normalized spacial score (nSPS) is 18.1. The Labute approximate surface area is 180 Å². The number of Topliss-reactive ketones (excluding diaryl/α,β-unsaturated/α-hetero) is 1. The monoisotopic (exact) mass is 424 g/mol. The number of hydrogen-bond acceptors (Lipinski definition) is 5. The van der Waals surface area contributed by atoms with Gasteiger partial charge >= 0.3 is 0 Å². The summed E-state index contributed by atoms with van der Waals surface area (Å²) in [4.78, 5) is 39.0. The molecule has 1 aliphatic rings. The highest BCUT2D eigenvalue weighted by Crippen LogP contribution is 2.39. The number of rotatable bonds is 7. The van der Waals surface area contributed by atoms with Crippen molar-refractivity contribution in [1.82, 2.24) is 4.90 Å². The molecule has 1 saturated heterocycles. The van der Waals surface area contributed by atoms with Crippen molar-refractivity contribution in [3.63, 3.8) is 0 Å². The highest BCUT2D eigenvalue weighted by atomic mass is 16.6. The summed E-state index contributed by atoms with van der Waals surface area (Å²) < 4.78 is 0. The number of non-ortho nitro benzene ring substituents is 1. The summed E-state index contributed by atoms with van der Waals surface area (Å²) in [6.45, 7) is 3.04. The molecule has 1 fully saturated rings. The number of nitrogens with one attached hydrogen (secondary N) is 1. The average molecular weight is 424 g/mol. The Morgan fingerprint density at radius 1 is 1.10 bits per heavy atom. The van der Waals surface area contributed by atoms with Crippen molar-refractivity contribution in [2.45, 2.75) is 19.4 Å². The van der Waals surface area contributed by atoms with E-state index in [1.54, 1.807) is 12.1 Å². The van der Waals surface area contributed by atoms with Gasteiger partial charge in [-0.05, 0) is 24.6 Å². The van der Waals surface area contributed by atoms with Crippen molar-refractivity contribution in [3.05, 3.63) is 80.9 Å². The second kappa shape index (κ2) is 9.09. The molecule has 3 rings (SSSR count). The minimum Gasteiger partial charge on any atom is -0.507 e. The van der Waals surface area contributed by atoms with Gasteiger partial charge in [0.15, 0.2) is 0 Å². The van der Waals surface area contributed by atoms with Crippen LogP contribution in [-0.4, -0.2) is 53.8 Å². The van der Waals surface area contributed by atoms with Crippen LogP contribution in [0, 0.1) is 17.0 Å². The highest BCUT2D eigenvalue weighted by molar-refractivity contribution is 6.46. The molecule has 1 heterocycles. The Morgan fingerprint density at radius 2 is 1.71 bits per heavy atom. The van der Waals surface area contributed by atoms with Crippen LogP contribution >= 0.6 is 0 Å². The second-order valence-electron chi connectivity index (χ2n) is 8.02. The number of nitro benzene ring substituents is 1. The molecular formula is C23H26N3O5+. The molecule has 0 bridgehead atoms. The number of ketones is 1. The fraction of sp³-hybridized carbons (Fsp3) is 0.304. The molecule has 8 heteroatoms. The molecule has 2 aromatic rings. The van der Waals surface area contributed by atoms with Crippen LogP contribution in [0.15, 0.2) is 54.1 Å². The number of aliphatic hydroxyl groups excluding tert-OH is 1. The molecule has 0 aromatic heterocycles. The zero-order valence-corrected chi connectivity index (χ0v) is 17.8. The van der Waals surface area contributed by atoms with Gasteiger partial charge in [0.25, 0.3) is 17.4 Å². The van der Waals surface area contributed by atoms with E-state index in [4.69, 9.17) is 0 Å². The first kappa shape index (κ1) is 22.2. The van der Waals surface area contributed by atoms with Crippen molar-refractivity contribution >= 4 is 23.1 Å². The third kappa shape index (κ3) is 4.64. The maximum atomic E-state index is 12.9. The number of carbonyl (C=O) groups excluding carboxylic acids is 2. The van der Waals surface area contributed by atoms with Crippen LogP contribution < -0.4 is 4.90 Å². The number of aliphatic hydroxyl groups is 1. The van der Waals surface area contributed by atoms with Crippen LogP contribution in [0.3, 0.4) is 0 Å². The smallest absolute Gasteiger partial charge is 0.295 e. The SMILES string of the molecule is Cc1ccc(C(O)=C2C(=O)C(=O)N(CCC[NH+](C)C)[C@@H]2c2ccc([N+](=O)[O-])cc2)cc1. The number of benzene rings is 2. The first-order valence-electron chi connectivity index (χ1n) is 10.1. The number of carbonyl (C=O) groups is 2. The van der Waals surface area contributed by atoms with Crippen molar-refractivity contribution < 1.29 is 24.5 Å². The first-order valence-corrected chi connectivity index (χ1v) is 10.1. The molecule has 0 unspecified atom stereocenters. The molecule has 2 N–H and O–H groups in total. The number of quaternary nitrogens is 1. The van der Waals surface area contributed by atoms with E-state index >= 15 is 0 Å². The quantitative estimate of drug-likeness (QED) is 0.232. The lowest BCUT2D eigenvalue weighted by Gasteiger charge is -2.25. The summed E-state index contributed by atoms with van der Waals surface area (Å²) in [6, 6.07) is 11.9. The molecule has 31 heavy (non-hydrogen) atoms. The Balaban J connectivity index is 2.09. The lowest BCUT2D eigenvalue weighted by molar-refractivity contribution is -0.858. The third-order valence-electron chi connectivity index (χ3n) is 5.36. The van der Waals surface area contributed by atoms with Crippen molar-refractivity contribution in [2.75, 3.05) is 27.2 Å². The summed E-state index contributed by atoms with van der Waals surface area (Å²) in [6.07, 6.45) is 0.670. The van der Waals surface area contributed by atoms with Gasteiger partial charge in [0.05, 0.1) is 37.2 Å². The van der Waals surface area contributed by atoms with Crippen LogP contribution in [0.4, 0.5) is 5.69 Å². The van der Waals surface area contributed by atoms with Gasteiger partial charge < -0.3 is 14.9 Å². The summed E-state index contributed by atoms with van der Waals surface area (Å²) in [5, 5.41) is 22.0. The van der Waals surface area contributed by atoms with E-state index < -0.39 is 22.7 Å². The minimum atomic E-state index is -0.806. The Morgan fingerprint density at radius 3 is 2.26 bits per heavy atom. The molecule has 0 saturated carbocycles. The van der Waals surface area contributed by atoms with Gasteiger partial charge in [-0.1, -0.05) is 29.8 Å². The number of aryl methyl sites for hydroxylation is 1. The topological polar surface area (TPSA) is 105 Å². The molecule has 1 aliphatic heterocycles. The largest absolute Gasteiger partial charge is 0.507 e. The van der Waals surface area contributed by atoms with E-state index in [0.29, 0.717) is 24.1 Å². The Hall–Kier alpha value is -3.52. The molecule has 1 atom stereocenters. The molecule has 8 nitrogen and oxygen atoms in total. The molecule has 2 aromatic carbocycles. The average Bonchev–Trinajstić information content (AvgIpc) is 2.98. The molecule has 162 valence electrons. The molecule has 1 amide bonds. The predicted molar refractivity (Wildman–Crippen MR) is 116 cm³/mol. The van der Waals surface area contributed by atoms with Gasteiger partial charge in [-0.3, -0.25) is 19.7 Å². The van der Waals surface area contributed by atoms with Crippen LogP contribution in [-0.2, 0) is 9.59 Å². The van der Waals surface area contributed by atoms with E-state index in [9.17, 15) is 24.8 Å². The number of nitrogens with zero attached hydrogens (tertiary/aromatic N) is 2. The lowest BCUT2D eigenvalue weighted by atomic mass is 9.95. The highest BCUT2D eigenvalue weighted by Gasteiger charge is 2.45. The summed E-state index contributed by atoms with van der Waals surface area (Å²) in [5.41, 5.74) is 1.88. The van der Waals surface area contributed by atoms with E-state index in [0.717, 1.165) is 12.1 Å².